The summed E-state index contributed by atoms with van der Waals surface area (Å²) in [6.07, 6.45) is 6.35. The lowest BCUT2D eigenvalue weighted by molar-refractivity contribution is 0.337. The van der Waals surface area contributed by atoms with Gasteiger partial charge in [-0.15, -0.1) is 0 Å². The summed E-state index contributed by atoms with van der Waals surface area (Å²) in [5.74, 6) is 0.816. The highest BCUT2D eigenvalue weighted by Gasteiger charge is 2.29. The van der Waals surface area contributed by atoms with Crippen molar-refractivity contribution in [3.63, 3.8) is 0 Å². The van der Waals surface area contributed by atoms with Crippen molar-refractivity contribution in [3.8, 4) is 17.2 Å². The zero-order valence-electron chi connectivity index (χ0n) is 18.5. The number of pyridine rings is 1. The smallest absolute Gasteiger partial charge is 0.144 e. The van der Waals surface area contributed by atoms with E-state index in [0.29, 0.717) is 21.4 Å². The van der Waals surface area contributed by atoms with Crippen molar-refractivity contribution in [2.75, 3.05) is 31.5 Å². The fourth-order valence-corrected chi connectivity index (χ4v) is 5.46. The van der Waals surface area contributed by atoms with Gasteiger partial charge in [-0.25, -0.2) is 4.98 Å². The predicted molar refractivity (Wildman–Crippen MR) is 135 cm³/mol. The summed E-state index contributed by atoms with van der Waals surface area (Å²) >= 11 is 12.5. The van der Waals surface area contributed by atoms with E-state index in [2.05, 4.69) is 39.5 Å². The van der Waals surface area contributed by atoms with E-state index in [1.165, 1.54) is 31.5 Å². The number of rotatable bonds is 6. The molecule has 5 rings (SSSR count). The van der Waals surface area contributed by atoms with Gasteiger partial charge in [0, 0.05) is 24.2 Å². The summed E-state index contributed by atoms with van der Waals surface area (Å²) in [7, 11) is 0. The zero-order chi connectivity index (χ0) is 22.8. The van der Waals surface area contributed by atoms with Crippen LogP contribution < -0.4 is 5.32 Å². The molecule has 1 unspecified atom stereocenters. The summed E-state index contributed by atoms with van der Waals surface area (Å²) in [4.78, 5) is 7.18. The molecule has 0 bridgehead atoms. The minimum absolute atomic E-state index is 0.135. The molecule has 1 N–H and O–H groups in total. The molecule has 0 radical (unpaired) electrons. The summed E-state index contributed by atoms with van der Waals surface area (Å²) in [6.45, 7) is 4.31. The Morgan fingerprint density at radius 3 is 2.70 bits per heavy atom. The van der Waals surface area contributed by atoms with Crippen LogP contribution in [0.4, 0.5) is 5.82 Å². The number of nitriles is 1. The van der Waals surface area contributed by atoms with Crippen molar-refractivity contribution in [2.24, 2.45) is 0 Å². The molecule has 1 saturated heterocycles. The van der Waals surface area contributed by atoms with E-state index >= 15 is 0 Å². The van der Waals surface area contributed by atoms with Crippen LogP contribution in [0.5, 0.6) is 0 Å². The molecule has 33 heavy (non-hydrogen) atoms. The number of fused-ring (bicyclic) bond motifs is 3. The average Bonchev–Trinajstić information content (AvgIpc) is 3.36. The molecule has 168 valence electrons. The van der Waals surface area contributed by atoms with Gasteiger partial charge in [0.25, 0.3) is 0 Å². The number of nitrogens with zero attached hydrogens (tertiary/aromatic N) is 3. The Morgan fingerprint density at radius 1 is 1.09 bits per heavy atom. The van der Waals surface area contributed by atoms with Crippen molar-refractivity contribution in [1.29, 1.82) is 5.26 Å². The number of nitrogens with one attached hydrogen (secondary N) is 1. The van der Waals surface area contributed by atoms with E-state index in [1.54, 1.807) is 0 Å². The van der Waals surface area contributed by atoms with E-state index in [-0.39, 0.29) is 5.92 Å². The van der Waals surface area contributed by atoms with Crippen LogP contribution in [0.3, 0.4) is 0 Å². The number of anilines is 1. The van der Waals surface area contributed by atoms with E-state index in [0.717, 1.165) is 48.2 Å². The maximum Gasteiger partial charge on any atom is 0.144 e. The third-order valence-electron chi connectivity index (χ3n) is 6.79. The lowest BCUT2D eigenvalue weighted by atomic mass is 9.75. The highest BCUT2D eigenvalue weighted by atomic mass is 35.5. The molecule has 1 atom stereocenters. The van der Waals surface area contributed by atoms with E-state index in [4.69, 9.17) is 23.2 Å². The van der Waals surface area contributed by atoms with Crippen LogP contribution >= 0.6 is 23.2 Å². The van der Waals surface area contributed by atoms with Gasteiger partial charge < -0.3 is 10.2 Å². The molecule has 1 aliphatic heterocycles. The first-order chi connectivity index (χ1) is 16.2. The Bertz CT molecular complexity index is 1210. The first-order valence-corrected chi connectivity index (χ1v) is 12.3. The lowest BCUT2D eigenvalue weighted by Gasteiger charge is -2.29. The maximum absolute atomic E-state index is 10.1. The van der Waals surface area contributed by atoms with Gasteiger partial charge >= 0.3 is 0 Å². The molecule has 6 heteroatoms. The van der Waals surface area contributed by atoms with Gasteiger partial charge in [0.15, 0.2) is 0 Å². The van der Waals surface area contributed by atoms with Gasteiger partial charge in [-0.1, -0.05) is 53.5 Å². The predicted octanol–water partition coefficient (Wildman–Crippen LogP) is 6.51. The Labute approximate surface area is 205 Å². The van der Waals surface area contributed by atoms with Crippen LogP contribution in [0.15, 0.2) is 48.7 Å². The van der Waals surface area contributed by atoms with Crippen LogP contribution in [0.2, 0.25) is 10.0 Å². The average molecular weight is 477 g/mol. The van der Waals surface area contributed by atoms with Crippen LogP contribution in [0, 0.1) is 11.3 Å². The van der Waals surface area contributed by atoms with Gasteiger partial charge in [0.05, 0.1) is 10.0 Å². The number of benzene rings is 2. The highest BCUT2D eigenvalue weighted by molar-refractivity contribution is 6.42. The first kappa shape index (κ1) is 22.2. The number of aromatic nitrogens is 1. The SMILES string of the molecule is N#Cc1c(NCCCN2CCCC2)ncc2c1-c1ccccc1C(c1ccc(Cl)c(Cl)c1)C2. The number of hydrogen-bond acceptors (Lipinski definition) is 4. The molecule has 0 spiro atoms. The molecule has 0 saturated carbocycles. The number of likely N-dealkylation sites (tertiary alicyclic amines) is 1. The molecular formula is C27H26Cl2N4. The monoisotopic (exact) mass is 476 g/mol. The Morgan fingerprint density at radius 2 is 1.91 bits per heavy atom. The second kappa shape index (κ2) is 9.73. The van der Waals surface area contributed by atoms with Crippen LogP contribution in [0.1, 0.15) is 47.4 Å². The quantitative estimate of drug-likeness (QED) is 0.411. The number of halogens is 2. The van der Waals surface area contributed by atoms with Gasteiger partial charge in [-0.05, 0) is 79.7 Å². The molecule has 2 aliphatic rings. The van der Waals surface area contributed by atoms with Crippen LogP contribution in [-0.4, -0.2) is 36.1 Å². The Hall–Kier alpha value is -2.58. The van der Waals surface area contributed by atoms with Gasteiger partial charge in [-0.2, -0.15) is 5.26 Å². The molecule has 1 aromatic heterocycles. The topological polar surface area (TPSA) is 52.0 Å². The second-order valence-corrected chi connectivity index (χ2v) is 9.65. The van der Waals surface area contributed by atoms with Crippen molar-refractivity contribution >= 4 is 29.0 Å². The van der Waals surface area contributed by atoms with Gasteiger partial charge in [-0.3, -0.25) is 0 Å². The van der Waals surface area contributed by atoms with E-state index in [1.807, 2.05) is 30.5 Å². The largest absolute Gasteiger partial charge is 0.369 e. The van der Waals surface area contributed by atoms with E-state index in [9.17, 15) is 5.26 Å². The van der Waals surface area contributed by atoms with Crippen molar-refractivity contribution in [2.45, 2.75) is 31.6 Å². The van der Waals surface area contributed by atoms with Crippen molar-refractivity contribution in [1.82, 2.24) is 9.88 Å². The molecule has 0 amide bonds. The fourth-order valence-electron chi connectivity index (χ4n) is 5.16. The molecular weight excluding hydrogens is 451 g/mol. The second-order valence-electron chi connectivity index (χ2n) is 8.84. The third kappa shape index (κ3) is 4.46. The third-order valence-corrected chi connectivity index (χ3v) is 7.53. The number of hydrogen-bond donors (Lipinski definition) is 1. The van der Waals surface area contributed by atoms with Crippen molar-refractivity contribution in [3.05, 3.63) is 81.0 Å². The summed E-state index contributed by atoms with van der Waals surface area (Å²) < 4.78 is 0. The van der Waals surface area contributed by atoms with Crippen LogP contribution in [-0.2, 0) is 6.42 Å². The Kier molecular flexibility index (Phi) is 6.55. The normalized spacial score (nSPS) is 17.3. The fraction of sp³-hybridized carbons (Fsp3) is 0.333. The zero-order valence-corrected chi connectivity index (χ0v) is 20.0. The molecule has 4 nitrogen and oxygen atoms in total. The first-order valence-electron chi connectivity index (χ1n) is 11.6. The lowest BCUT2D eigenvalue weighted by Crippen LogP contribution is -2.22. The maximum atomic E-state index is 10.1. The molecule has 1 aliphatic carbocycles. The summed E-state index contributed by atoms with van der Waals surface area (Å²) in [5, 5.41) is 14.7. The highest BCUT2D eigenvalue weighted by Crippen LogP contribution is 2.45. The standard InChI is InChI=1S/C27H26Cl2N4/c28-24-9-8-18(15-25(24)29)22-14-19-17-32-27(31-10-5-13-33-11-3-4-12-33)23(16-30)26(19)21-7-2-1-6-20(21)22/h1-2,6-9,15,17,22H,3-5,10-14H2,(H,31,32). The van der Waals surface area contributed by atoms with Crippen LogP contribution in [0.25, 0.3) is 11.1 Å². The summed E-state index contributed by atoms with van der Waals surface area (Å²) in [5.41, 5.74) is 6.13. The molecule has 2 heterocycles. The van der Waals surface area contributed by atoms with Gasteiger partial charge in [0.1, 0.15) is 17.5 Å². The molecule has 1 fully saturated rings. The van der Waals surface area contributed by atoms with Gasteiger partial charge in [0.2, 0.25) is 0 Å². The summed E-state index contributed by atoms with van der Waals surface area (Å²) in [6, 6.07) is 16.6. The molecule has 2 aromatic carbocycles. The molecule has 3 aromatic rings. The van der Waals surface area contributed by atoms with E-state index < -0.39 is 0 Å². The minimum Gasteiger partial charge on any atom is -0.369 e. The Balaban J connectivity index is 1.45. The minimum atomic E-state index is 0.135. The van der Waals surface area contributed by atoms with Crippen molar-refractivity contribution < 1.29 is 0 Å².